The molecule has 0 saturated heterocycles. The number of nitro benzene ring substituents is 1. The molecule has 47 heavy (non-hydrogen) atoms. The summed E-state index contributed by atoms with van der Waals surface area (Å²) in [6.45, 7) is 1.06. The molecule has 0 fully saturated rings. The molecule has 0 saturated carbocycles. The zero-order valence-corrected chi connectivity index (χ0v) is 28.8. The van der Waals surface area contributed by atoms with Crippen molar-refractivity contribution in [3.63, 3.8) is 0 Å². The van der Waals surface area contributed by atoms with Crippen LogP contribution in [0.25, 0.3) is 32.7 Å². The first-order valence-corrected chi connectivity index (χ1v) is 14.3. The molecule has 5 aromatic rings. The van der Waals surface area contributed by atoms with Crippen molar-refractivity contribution in [2.24, 2.45) is 10.2 Å². The molecule has 0 spiro atoms. The molecule has 0 radical (unpaired) electrons. The molecule has 1 aromatic heterocycles. The summed E-state index contributed by atoms with van der Waals surface area (Å²) in [6, 6.07) is 19.8. The maximum Gasteiger partial charge on any atom is 4.00 e. The molecule has 4 aromatic carbocycles. The molecule has 0 aliphatic carbocycles. The molecule has 3 N–H and O–H groups in total. The third-order valence-corrected chi connectivity index (χ3v) is 6.65. The third kappa shape index (κ3) is 11.8. The van der Waals surface area contributed by atoms with Gasteiger partial charge in [-0.25, -0.2) is 8.42 Å². The summed E-state index contributed by atoms with van der Waals surface area (Å²) in [5.74, 6) is -1.43. The predicted molar refractivity (Wildman–Crippen MR) is 161 cm³/mol. The Balaban J connectivity index is 0.000000398. The van der Waals surface area contributed by atoms with Crippen LogP contribution >= 0.6 is 0 Å². The van der Waals surface area contributed by atoms with E-state index in [0.29, 0.717) is 24.2 Å². The number of nitro groups is 1. The van der Waals surface area contributed by atoms with Crippen molar-refractivity contribution in [3.05, 3.63) is 106 Å². The van der Waals surface area contributed by atoms with E-state index in [1.807, 2.05) is 30.3 Å². The van der Waals surface area contributed by atoms with Gasteiger partial charge in [-0.2, -0.15) is 10.2 Å². The minimum Gasteiger partial charge on any atom is -0.871 e. The van der Waals surface area contributed by atoms with E-state index in [0.717, 1.165) is 22.9 Å². The van der Waals surface area contributed by atoms with E-state index in [1.54, 1.807) is 18.2 Å². The fourth-order valence-electron chi connectivity index (χ4n) is 3.72. The predicted octanol–water partition coefficient (Wildman–Crippen LogP) is 1.48. The third-order valence-electron chi connectivity index (χ3n) is 5.79. The van der Waals surface area contributed by atoms with Crippen LogP contribution in [0.15, 0.2) is 100 Å². The van der Waals surface area contributed by atoms with E-state index in [9.17, 15) is 33.3 Å². The molecule has 0 aliphatic heterocycles. The van der Waals surface area contributed by atoms with Gasteiger partial charge in [0.1, 0.15) is 10.1 Å². The Kier molecular flexibility index (Phi) is 17.4. The number of fused-ring (bicyclic) bond motifs is 2. The average Bonchev–Trinajstić information content (AvgIpc) is 3.01. The molecule has 0 aliphatic rings. The van der Waals surface area contributed by atoms with Crippen LogP contribution in [0.3, 0.4) is 0 Å². The molecule has 5 rings (SSSR count). The molecular weight excluding hydrogens is 683 g/mol. The van der Waals surface area contributed by atoms with E-state index < -0.39 is 31.4 Å². The van der Waals surface area contributed by atoms with Crippen LogP contribution < -0.4 is 39.8 Å². The maximum atomic E-state index is 11.8. The molecule has 18 heteroatoms. The molecule has 1 heterocycles. The van der Waals surface area contributed by atoms with E-state index in [2.05, 4.69) is 20.5 Å². The van der Waals surface area contributed by atoms with Crippen LogP contribution in [-0.4, -0.2) is 59.4 Å². The number of rotatable bonds is 8. The SMILES string of the molecule is O=S(=O)([O-])c1ccc2cccnc2c1[O-].OCC[N-]CCO.[Cr+4].[NH-]c1ccc2ccccc2c1N=Nc1ccc([N+](=O)[O-])cc1[O-].[Na+]. The fraction of sp³-hybridized carbons (Fsp3) is 0.138. The summed E-state index contributed by atoms with van der Waals surface area (Å²) in [6.07, 6.45) is 1.37. The number of hydrogen-bond donors (Lipinski definition) is 2. The van der Waals surface area contributed by atoms with Gasteiger partial charge in [0.15, 0.2) is 0 Å². The van der Waals surface area contributed by atoms with Gasteiger partial charge < -0.3 is 36.0 Å². The number of aliphatic hydroxyl groups is 2. The summed E-state index contributed by atoms with van der Waals surface area (Å²) < 4.78 is 32.1. The van der Waals surface area contributed by atoms with Gasteiger partial charge in [-0.1, -0.05) is 60.0 Å². The van der Waals surface area contributed by atoms with Gasteiger partial charge in [0.25, 0.3) is 5.69 Å². The molecule has 238 valence electrons. The fourth-order valence-corrected chi connectivity index (χ4v) is 4.27. The van der Waals surface area contributed by atoms with Gasteiger partial charge in [0.05, 0.1) is 21.8 Å². The molecular formula is C29H25CrN6NaO9S. The summed E-state index contributed by atoms with van der Waals surface area (Å²) in [7, 11) is -4.73. The quantitative estimate of drug-likeness (QED) is 0.0585. The van der Waals surface area contributed by atoms with Crippen LogP contribution in [0.2, 0.25) is 0 Å². The van der Waals surface area contributed by atoms with Crippen molar-refractivity contribution < 1.29 is 85.2 Å². The number of nitrogens with one attached hydrogen (secondary N) is 1. The average molecular weight is 709 g/mol. The Morgan fingerprint density at radius 3 is 2.15 bits per heavy atom. The largest absolute Gasteiger partial charge is 4.00 e. The van der Waals surface area contributed by atoms with Crippen molar-refractivity contribution >= 4 is 54.5 Å². The summed E-state index contributed by atoms with van der Waals surface area (Å²) in [5, 5.41) is 63.9. The van der Waals surface area contributed by atoms with Gasteiger partial charge in [-0.15, -0.1) is 18.8 Å². The second-order valence-electron chi connectivity index (χ2n) is 8.83. The molecule has 0 atom stereocenters. The van der Waals surface area contributed by atoms with Crippen molar-refractivity contribution in [1.82, 2.24) is 4.98 Å². The smallest absolute Gasteiger partial charge is 0.871 e. The van der Waals surface area contributed by atoms with Crippen LogP contribution in [0.5, 0.6) is 11.5 Å². The molecule has 0 bridgehead atoms. The first-order chi connectivity index (χ1) is 21.5. The first kappa shape index (κ1) is 41.3. The topological polar surface area (TPSA) is 262 Å². The Morgan fingerprint density at radius 1 is 0.894 bits per heavy atom. The number of aliphatic hydroxyl groups excluding tert-OH is 2. The number of aromatic nitrogens is 1. The van der Waals surface area contributed by atoms with Crippen LogP contribution in [-0.2, 0) is 27.5 Å². The molecule has 0 unspecified atom stereocenters. The van der Waals surface area contributed by atoms with E-state index in [-0.39, 0.29) is 82.7 Å². The number of benzene rings is 4. The first-order valence-electron chi connectivity index (χ1n) is 12.9. The number of hydrogen-bond acceptors (Lipinski definition) is 12. The second-order valence-corrected chi connectivity index (χ2v) is 10.2. The number of azo groups is 1. The van der Waals surface area contributed by atoms with Crippen LogP contribution in [0.1, 0.15) is 0 Å². The van der Waals surface area contributed by atoms with Crippen molar-refractivity contribution in [3.8, 4) is 11.5 Å². The Bertz CT molecular complexity index is 1930. The standard InChI is InChI=1S/C16H11N4O3.C9H7NO4S.C4H10NO2.Cr.Na/c17-13-7-5-10-3-1-2-4-12(10)16(13)19-18-14-8-6-11(20(22)23)9-15(14)21;11-9-7(15(12,13)14)4-3-6-2-1-5-10-8(6)9;6-3-1-5-2-4-7;;/h1-9H,(H2-,17,18,19,21);1-5,11H,(H,12,13,14);6-7H,1-4H2;;/q-1;;-1;+4;+1/p-3. The minimum absolute atomic E-state index is 0. The van der Waals surface area contributed by atoms with Gasteiger partial charge in [0, 0.05) is 41.8 Å². The second kappa shape index (κ2) is 19.8. The van der Waals surface area contributed by atoms with Crippen molar-refractivity contribution in [2.45, 2.75) is 4.90 Å². The van der Waals surface area contributed by atoms with E-state index in [1.165, 1.54) is 24.4 Å². The normalized spacial score (nSPS) is 10.6. The number of nitrogens with zero attached hydrogens (tertiary/aromatic N) is 5. The maximum absolute atomic E-state index is 11.8. The van der Waals surface area contributed by atoms with E-state index in [4.69, 9.17) is 15.9 Å². The Morgan fingerprint density at radius 2 is 1.53 bits per heavy atom. The van der Waals surface area contributed by atoms with E-state index >= 15 is 0 Å². The summed E-state index contributed by atoms with van der Waals surface area (Å²) in [5.41, 5.74) is 8.16. The Hall–Kier alpha value is -3.73. The Labute approximate surface area is 302 Å². The van der Waals surface area contributed by atoms with Crippen molar-refractivity contribution in [2.75, 3.05) is 26.3 Å². The minimum atomic E-state index is -4.73. The van der Waals surface area contributed by atoms with Crippen LogP contribution in [0, 0.1) is 10.1 Å². The van der Waals surface area contributed by atoms with Gasteiger partial charge >= 0.3 is 46.9 Å². The van der Waals surface area contributed by atoms with Gasteiger partial charge in [-0.3, -0.25) is 15.1 Å². The van der Waals surface area contributed by atoms with Crippen LogP contribution in [0.4, 0.5) is 22.7 Å². The van der Waals surface area contributed by atoms with Gasteiger partial charge in [0.2, 0.25) is 0 Å². The monoisotopic (exact) mass is 708 g/mol. The number of pyridine rings is 1. The summed E-state index contributed by atoms with van der Waals surface area (Å²) in [4.78, 5) is 13.0. The zero-order valence-electron chi connectivity index (χ0n) is 24.7. The molecule has 15 nitrogen and oxygen atoms in total. The van der Waals surface area contributed by atoms with Crippen molar-refractivity contribution in [1.29, 1.82) is 0 Å². The summed E-state index contributed by atoms with van der Waals surface area (Å²) >= 11 is 0. The van der Waals surface area contributed by atoms with Gasteiger partial charge in [-0.05, 0) is 29.0 Å². The number of non-ortho nitro benzene ring substituents is 1. The molecule has 0 amide bonds. The zero-order chi connectivity index (χ0) is 33.0.